The minimum absolute atomic E-state index is 0.0758. The van der Waals surface area contributed by atoms with Crippen molar-refractivity contribution in [2.24, 2.45) is 5.92 Å². The Balaban J connectivity index is 1.62. The van der Waals surface area contributed by atoms with Crippen LogP contribution in [-0.2, 0) is 11.3 Å². The van der Waals surface area contributed by atoms with Crippen molar-refractivity contribution in [2.75, 3.05) is 13.1 Å². The van der Waals surface area contributed by atoms with Gasteiger partial charge in [-0.25, -0.2) is 0 Å². The van der Waals surface area contributed by atoms with E-state index in [0.29, 0.717) is 38.0 Å². The van der Waals surface area contributed by atoms with E-state index in [0.717, 1.165) is 5.56 Å². The first-order valence-corrected chi connectivity index (χ1v) is 7.72. The second-order valence-corrected chi connectivity index (χ2v) is 5.82. The highest BCUT2D eigenvalue weighted by molar-refractivity contribution is 5.93. The third kappa shape index (κ3) is 3.59. The molecule has 3 rings (SSSR count). The summed E-state index contributed by atoms with van der Waals surface area (Å²) in [6.45, 7) is 1.59. The van der Waals surface area contributed by atoms with Crippen LogP contribution in [0.1, 0.15) is 28.8 Å². The van der Waals surface area contributed by atoms with Crippen LogP contribution >= 0.6 is 0 Å². The zero-order valence-corrected chi connectivity index (χ0v) is 12.8. The fourth-order valence-electron chi connectivity index (χ4n) is 2.84. The molecule has 2 heterocycles. The van der Waals surface area contributed by atoms with E-state index in [9.17, 15) is 9.59 Å². The Labute approximate surface area is 134 Å². The quantitative estimate of drug-likeness (QED) is 0.935. The number of aromatic nitrogens is 2. The number of piperidine rings is 1. The van der Waals surface area contributed by atoms with E-state index in [4.69, 9.17) is 5.11 Å². The van der Waals surface area contributed by atoms with Gasteiger partial charge in [-0.05, 0) is 18.4 Å². The second kappa shape index (κ2) is 6.64. The molecule has 0 atom stereocenters. The number of aliphatic carboxylic acids is 1. The zero-order chi connectivity index (χ0) is 16.2. The van der Waals surface area contributed by atoms with Gasteiger partial charge in [-0.1, -0.05) is 30.3 Å². The van der Waals surface area contributed by atoms with Crippen molar-refractivity contribution in [1.29, 1.82) is 0 Å². The number of carboxylic acids is 1. The maximum Gasteiger partial charge on any atom is 0.306 e. The van der Waals surface area contributed by atoms with Crippen molar-refractivity contribution in [2.45, 2.75) is 19.4 Å². The summed E-state index contributed by atoms with van der Waals surface area (Å²) >= 11 is 0. The number of likely N-dealkylation sites (tertiary alicyclic amines) is 1. The Bertz CT molecular complexity index is 688. The van der Waals surface area contributed by atoms with Crippen molar-refractivity contribution in [1.82, 2.24) is 14.7 Å². The lowest BCUT2D eigenvalue weighted by molar-refractivity contribution is -0.143. The van der Waals surface area contributed by atoms with Crippen LogP contribution in [0, 0.1) is 5.92 Å². The van der Waals surface area contributed by atoms with Gasteiger partial charge in [-0.15, -0.1) is 0 Å². The molecule has 1 N–H and O–H groups in total. The number of amides is 1. The van der Waals surface area contributed by atoms with Crippen LogP contribution in [0.2, 0.25) is 0 Å². The van der Waals surface area contributed by atoms with E-state index in [-0.39, 0.29) is 11.8 Å². The van der Waals surface area contributed by atoms with Crippen LogP contribution in [0.25, 0.3) is 0 Å². The summed E-state index contributed by atoms with van der Waals surface area (Å²) in [5.41, 5.74) is 1.67. The summed E-state index contributed by atoms with van der Waals surface area (Å²) in [4.78, 5) is 25.1. The smallest absolute Gasteiger partial charge is 0.306 e. The zero-order valence-electron chi connectivity index (χ0n) is 12.8. The number of nitrogens with zero attached hydrogens (tertiary/aromatic N) is 3. The molecule has 0 unspecified atom stereocenters. The second-order valence-electron chi connectivity index (χ2n) is 5.82. The van der Waals surface area contributed by atoms with Gasteiger partial charge in [-0.3, -0.25) is 14.3 Å². The first-order chi connectivity index (χ1) is 11.1. The molecule has 0 radical (unpaired) electrons. The van der Waals surface area contributed by atoms with E-state index >= 15 is 0 Å². The maximum atomic E-state index is 12.5. The van der Waals surface area contributed by atoms with Crippen molar-refractivity contribution < 1.29 is 14.7 Å². The molecular formula is C17H19N3O3. The number of benzene rings is 1. The molecule has 6 heteroatoms. The van der Waals surface area contributed by atoms with E-state index in [1.54, 1.807) is 22.0 Å². The minimum atomic E-state index is -0.771. The molecule has 0 aliphatic carbocycles. The predicted molar refractivity (Wildman–Crippen MR) is 84.0 cm³/mol. The topological polar surface area (TPSA) is 75.4 Å². The first-order valence-electron chi connectivity index (χ1n) is 7.72. The maximum absolute atomic E-state index is 12.5. The van der Waals surface area contributed by atoms with Gasteiger partial charge in [0.1, 0.15) is 0 Å². The molecule has 1 aromatic heterocycles. The summed E-state index contributed by atoms with van der Waals surface area (Å²) < 4.78 is 1.74. The standard InChI is InChI=1S/C17H19N3O3/c21-16(19-8-6-14(7-9-19)17(22)23)15-10-18-20(12-15)11-13-4-2-1-3-5-13/h1-5,10,12,14H,6-9,11H2,(H,22,23). The van der Waals surface area contributed by atoms with Gasteiger partial charge < -0.3 is 10.0 Å². The summed E-state index contributed by atoms with van der Waals surface area (Å²) in [7, 11) is 0. The number of carbonyl (C=O) groups is 2. The molecular weight excluding hydrogens is 294 g/mol. The van der Waals surface area contributed by atoms with Crippen LogP contribution in [-0.4, -0.2) is 44.8 Å². The third-order valence-electron chi connectivity index (χ3n) is 4.20. The van der Waals surface area contributed by atoms with Crippen molar-refractivity contribution in [3.63, 3.8) is 0 Å². The Morgan fingerprint density at radius 2 is 1.87 bits per heavy atom. The molecule has 0 spiro atoms. The number of carboxylic acid groups (broad SMARTS) is 1. The predicted octanol–water partition coefficient (Wildman–Crippen LogP) is 1.87. The Morgan fingerprint density at radius 1 is 1.17 bits per heavy atom. The molecule has 6 nitrogen and oxygen atoms in total. The Hall–Kier alpha value is -2.63. The minimum Gasteiger partial charge on any atom is -0.481 e. The lowest BCUT2D eigenvalue weighted by atomic mass is 9.97. The first kappa shape index (κ1) is 15.3. The lowest BCUT2D eigenvalue weighted by Crippen LogP contribution is -2.40. The SMILES string of the molecule is O=C(O)C1CCN(C(=O)c2cnn(Cc3ccccc3)c2)CC1. The van der Waals surface area contributed by atoms with Crippen molar-refractivity contribution in [3.8, 4) is 0 Å². The summed E-state index contributed by atoms with van der Waals surface area (Å²) in [5.74, 6) is -1.18. The number of carbonyl (C=O) groups excluding carboxylic acids is 1. The van der Waals surface area contributed by atoms with E-state index in [2.05, 4.69) is 5.10 Å². The van der Waals surface area contributed by atoms with Gasteiger partial charge >= 0.3 is 5.97 Å². The monoisotopic (exact) mass is 313 g/mol. The normalized spacial score (nSPS) is 15.6. The van der Waals surface area contributed by atoms with Crippen LogP contribution in [0.5, 0.6) is 0 Å². The lowest BCUT2D eigenvalue weighted by Gasteiger charge is -2.29. The molecule has 120 valence electrons. The van der Waals surface area contributed by atoms with Crippen molar-refractivity contribution in [3.05, 3.63) is 53.9 Å². The highest BCUT2D eigenvalue weighted by atomic mass is 16.4. The van der Waals surface area contributed by atoms with E-state index in [1.807, 2.05) is 30.3 Å². The molecule has 1 aliphatic heterocycles. The molecule has 0 saturated carbocycles. The highest BCUT2D eigenvalue weighted by Crippen LogP contribution is 2.19. The van der Waals surface area contributed by atoms with Gasteiger partial charge in [0.05, 0.1) is 24.2 Å². The molecule has 23 heavy (non-hydrogen) atoms. The number of hydrogen-bond donors (Lipinski definition) is 1. The molecule has 1 aliphatic rings. The fraction of sp³-hybridized carbons (Fsp3) is 0.353. The highest BCUT2D eigenvalue weighted by Gasteiger charge is 2.27. The van der Waals surface area contributed by atoms with Crippen LogP contribution in [0.4, 0.5) is 0 Å². The summed E-state index contributed by atoms with van der Waals surface area (Å²) in [5, 5.41) is 13.3. The summed E-state index contributed by atoms with van der Waals surface area (Å²) in [6.07, 6.45) is 4.35. The van der Waals surface area contributed by atoms with Gasteiger partial charge in [0.2, 0.25) is 0 Å². The van der Waals surface area contributed by atoms with Gasteiger partial charge in [0.25, 0.3) is 5.91 Å². The third-order valence-corrected chi connectivity index (χ3v) is 4.20. The van der Waals surface area contributed by atoms with Gasteiger partial charge in [0, 0.05) is 19.3 Å². The molecule has 1 saturated heterocycles. The van der Waals surface area contributed by atoms with Gasteiger partial charge in [0.15, 0.2) is 0 Å². The molecule has 2 aromatic rings. The molecule has 1 amide bonds. The van der Waals surface area contributed by atoms with Crippen molar-refractivity contribution >= 4 is 11.9 Å². The molecule has 0 bridgehead atoms. The van der Waals surface area contributed by atoms with Gasteiger partial charge in [-0.2, -0.15) is 5.10 Å². The summed E-state index contributed by atoms with van der Waals surface area (Å²) in [6, 6.07) is 9.93. The van der Waals surface area contributed by atoms with Crippen LogP contribution in [0.3, 0.4) is 0 Å². The van der Waals surface area contributed by atoms with Crippen LogP contribution < -0.4 is 0 Å². The fourth-order valence-corrected chi connectivity index (χ4v) is 2.84. The number of rotatable bonds is 4. The molecule has 1 aromatic carbocycles. The largest absolute Gasteiger partial charge is 0.481 e. The molecule has 1 fully saturated rings. The van der Waals surface area contributed by atoms with E-state index in [1.165, 1.54) is 0 Å². The Kier molecular flexibility index (Phi) is 4.41. The Morgan fingerprint density at radius 3 is 2.52 bits per heavy atom. The van der Waals surface area contributed by atoms with Crippen LogP contribution in [0.15, 0.2) is 42.7 Å². The van der Waals surface area contributed by atoms with E-state index < -0.39 is 5.97 Å². The number of hydrogen-bond acceptors (Lipinski definition) is 3. The average molecular weight is 313 g/mol. The average Bonchev–Trinajstić information content (AvgIpc) is 3.03.